The lowest BCUT2D eigenvalue weighted by Gasteiger charge is -2.07. The van der Waals surface area contributed by atoms with Gasteiger partial charge in [-0.1, -0.05) is 0 Å². The Morgan fingerprint density at radius 1 is 1.41 bits per heavy atom. The molecule has 1 aromatic carbocycles. The Hall–Kier alpha value is -2.43. The van der Waals surface area contributed by atoms with Crippen molar-refractivity contribution < 1.29 is 13.9 Å². The molecule has 0 bridgehead atoms. The molecule has 0 unspecified atom stereocenters. The first-order valence-corrected chi connectivity index (χ1v) is 4.99. The van der Waals surface area contributed by atoms with E-state index in [1.807, 2.05) is 0 Å². The normalized spacial score (nSPS) is 9.94. The summed E-state index contributed by atoms with van der Waals surface area (Å²) in [6.45, 7) is 0. The van der Waals surface area contributed by atoms with E-state index < -0.39 is 0 Å². The third-order valence-electron chi connectivity index (χ3n) is 2.24. The van der Waals surface area contributed by atoms with Crippen molar-refractivity contribution >= 4 is 17.3 Å². The van der Waals surface area contributed by atoms with E-state index in [0.717, 1.165) is 0 Å². The Labute approximate surface area is 98.2 Å². The number of rotatable bonds is 3. The molecule has 2 aromatic rings. The Kier molecular flexibility index (Phi) is 3.00. The molecular formula is C12H12N2O3. The lowest BCUT2D eigenvalue weighted by Crippen LogP contribution is -2.11. The molecule has 0 radical (unpaired) electrons. The molecule has 0 aliphatic rings. The maximum atomic E-state index is 11.7. The van der Waals surface area contributed by atoms with Crippen LogP contribution in [-0.2, 0) is 0 Å². The summed E-state index contributed by atoms with van der Waals surface area (Å²) in [6.07, 6.45) is 1.44. The summed E-state index contributed by atoms with van der Waals surface area (Å²) in [6, 6.07) is 8.24. The molecule has 0 saturated heterocycles. The van der Waals surface area contributed by atoms with Crippen LogP contribution in [0, 0.1) is 0 Å². The monoisotopic (exact) mass is 232 g/mol. The van der Waals surface area contributed by atoms with Crippen molar-refractivity contribution in [2.45, 2.75) is 0 Å². The Balaban J connectivity index is 2.16. The number of nitrogens with one attached hydrogen (secondary N) is 1. The van der Waals surface area contributed by atoms with Crippen molar-refractivity contribution in [3.63, 3.8) is 0 Å². The van der Waals surface area contributed by atoms with Gasteiger partial charge < -0.3 is 20.2 Å². The highest BCUT2D eigenvalue weighted by Gasteiger charge is 2.09. The van der Waals surface area contributed by atoms with Crippen LogP contribution in [0.25, 0.3) is 0 Å². The molecule has 1 amide bonds. The molecule has 17 heavy (non-hydrogen) atoms. The van der Waals surface area contributed by atoms with Gasteiger partial charge >= 0.3 is 0 Å². The smallest absolute Gasteiger partial charge is 0.291 e. The van der Waals surface area contributed by atoms with Crippen LogP contribution >= 0.6 is 0 Å². The summed E-state index contributed by atoms with van der Waals surface area (Å²) in [7, 11) is 1.52. The number of benzene rings is 1. The minimum atomic E-state index is -0.318. The maximum absolute atomic E-state index is 11.7. The average molecular weight is 232 g/mol. The molecule has 0 saturated carbocycles. The van der Waals surface area contributed by atoms with Crippen molar-refractivity contribution in [1.29, 1.82) is 0 Å². The van der Waals surface area contributed by atoms with Gasteiger partial charge in [0, 0.05) is 11.8 Å². The number of amides is 1. The molecular weight excluding hydrogens is 220 g/mol. The number of carbonyl (C=O) groups is 1. The molecule has 2 rings (SSSR count). The highest BCUT2D eigenvalue weighted by atomic mass is 16.5. The van der Waals surface area contributed by atoms with Crippen molar-refractivity contribution in [3.05, 3.63) is 42.4 Å². The number of ether oxygens (including phenoxy) is 1. The topological polar surface area (TPSA) is 77.5 Å². The molecule has 0 aliphatic carbocycles. The summed E-state index contributed by atoms with van der Waals surface area (Å²) in [5, 5.41) is 2.68. The van der Waals surface area contributed by atoms with E-state index in [0.29, 0.717) is 17.1 Å². The van der Waals surface area contributed by atoms with Crippen LogP contribution < -0.4 is 15.8 Å². The fourth-order valence-corrected chi connectivity index (χ4v) is 1.39. The predicted molar refractivity (Wildman–Crippen MR) is 64.1 cm³/mol. The highest BCUT2D eigenvalue weighted by molar-refractivity contribution is 6.02. The van der Waals surface area contributed by atoms with Crippen molar-refractivity contribution in [2.24, 2.45) is 0 Å². The zero-order valence-electron chi connectivity index (χ0n) is 9.27. The van der Waals surface area contributed by atoms with Gasteiger partial charge in [0.2, 0.25) is 0 Å². The Bertz CT molecular complexity index is 521. The molecule has 3 N–H and O–H groups in total. The average Bonchev–Trinajstić information content (AvgIpc) is 2.85. The fraction of sp³-hybridized carbons (Fsp3) is 0.0833. The second-order valence-corrected chi connectivity index (χ2v) is 3.39. The lowest BCUT2D eigenvalue weighted by atomic mass is 10.2. The van der Waals surface area contributed by atoms with Crippen LogP contribution in [0.2, 0.25) is 0 Å². The van der Waals surface area contributed by atoms with Gasteiger partial charge in [-0.2, -0.15) is 0 Å². The summed E-state index contributed by atoms with van der Waals surface area (Å²) < 4.78 is 10.0. The largest absolute Gasteiger partial charge is 0.495 e. The Morgan fingerprint density at radius 3 is 2.88 bits per heavy atom. The molecule has 0 spiro atoms. The van der Waals surface area contributed by atoms with Crippen LogP contribution in [0.4, 0.5) is 11.4 Å². The van der Waals surface area contributed by atoms with Gasteiger partial charge in [-0.05, 0) is 24.3 Å². The number of carbonyl (C=O) groups excluding carboxylic acids is 1. The van der Waals surface area contributed by atoms with Crippen molar-refractivity contribution in [3.8, 4) is 5.75 Å². The number of anilines is 2. The van der Waals surface area contributed by atoms with Gasteiger partial charge in [-0.3, -0.25) is 4.79 Å². The van der Waals surface area contributed by atoms with E-state index in [2.05, 4.69) is 5.32 Å². The zero-order chi connectivity index (χ0) is 12.3. The van der Waals surface area contributed by atoms with Crippen LogP contribution in [0.1, 0.15) is 10.6 Å². The van der Waals surface area contributed by atoms with Gasteiger partial charge in [0.25, 0.3) is 5.91 Å². The number of hydrogen-bond acceptors (Lipinski definition) is 4. The predicted octanol–water partition coefficient (Wildman–Crippen LogP) is 2.12. The van der Waals surface area contributed by atoms with Crippen LogP contribution in [0.15, 0.2) is 41.0 Å². The minimum absolute atomic E-state index is 0.251. The first-order valence-electron chi connectivity index (χ1n) is 4.99. The second kappa shape index (κ2) is 4.61. The summed E-state index contributed by atoms with van der Waals surface area (Å²) in [4.78, 5) is 11.7. The molecule has 0 aliphatic heterocycles. The van der Waals surface area contributed by atoms with Gasteiger partial charge in [0.15, 0.2) is 5.76 Å². The molecule has 5 nitrogen and oxygen atoms in total. The van der Waals surface area contributed by atoms with E-state index in [4.69, 9.17) is 14.9 Å². The number of nitrogen functional groups attached to an aromatic ring is 1. The van der Waals surface area contributed by atoms with E-state index in [1.165, 1.54) is 13.4 Å². The molecule has 5 heteroatoms. The zero-order valence-corrected chi connectivity index (χ0v) is 9.27. The van der Waals surface area contributed by atoms with Crippen molar-refractivity contribution in [2.75, 3.05) is 18.2 Å². The first kappa shape index (κ1) is 11.1. The van der Waals surface area contributed by atoms with Crippen LogP contribution in [-0.4, -0.2) is 13.0 Å². The maximum Gasteiger partial charge on any atom is 0.291 e. The van der Waals surface area contributed by atoms with Gasteiger partial charge in [-0.25, -0.2) is 0 Å². The third-order valence-corrected chi connectivity index (χ3v) is 2.24. The second-order valence-electron chi connectivity index (χ2n) is 3.39. The Morgan fingerprint density at radius 2 is 2.24 bits per heavy atom. The summed E-state index contributed by atoms with van der Waals surface area (Å²) in [5.41, 5.74) is 6.78. The fourth-order valence-electron chi connectivity index (χ4n) is 1.39. The number of methoxy groups -OCH3 is 1. The number of furan rings is 1. The molecule has 1 heterocycles. The third kappa shape index (κ3) is 2.39. The lowest BCUT2D eigenvalue weighted by molar-refractivity contribution is 0.0996. The standard InChI is InChI=1S/C12H12N2O3/c1-16-11-7-8(4-5-9(11)13)14-12(15)10-3-2-6-17-10/h2-7H,13H2,1H3,(H,14,15). The van der Waals surface area contributed by atoms with Crippen LogP contribution in [0.5, 0.6) is 5.75 Å². The quantitative estimate of drug-likeness (QED) is 0.794. The van der Waals surface area contributed by atoms with E-state index in [1.54, 1.807) is 30.3 Å². The summed E-state index contributed by atoms with van der Waals surface area (Å²) in [5.74, 6) is 0.449. The molecule has 0 atom stereocenters. The molecule has 0 fully saturated rings. The van der Waals surface area contributed by atoms with Gasteiger partial charge in [-0.15, -0.1) is 0 Å². The van der Waals surface area contributed by atoms with E-state index in [-0.39, 0.29) is 11.7 Å². The van der Waals surface area contributed by atoms with Crippen LogP contribution in [0.3, 0.4) is 0 Å². The van der Waals surface area contributed by atoms with Gasteiger partial charge in [0.1, 0.15) is 5.75 Å². The number of hydrogen-bond donors (Lipinski definition) is 2. The highest BCUT2D eigenvalue weighted by Crippen LogP contribution is 2.25. The summed E-state index contributed by atoms with van der Waals surface area (Å²) >= 11 is 0. The van der Waals surface area contributed by atoms with E-state index >= 15 is 0 Å². The number of nitrogens with two attached hydrogens (primary N) is 1. The van der Waals surface area contributed by atoms with Gasteiger partial charge in [0.05, 0.1) is 19.1 Å². The van der Waals surface area contributed by atoms with E-state index in [9.17, 15) is 4.79 Å². The molecule has 1 aromatic heterocycles. The SMILES string of the molecule is COc1cc(NC(=O)c2ccco2)ccc1N. The minimum Gasteiger partial charge on any atom is -0.495 e. The first-order chi connectivity index (χ1) is 8.20. The molecule has 88 valence electrons. The van der Waals surface area contributed by atoms with Crippen molar-refractivity contribution in [1.82, 2.24) is 0 Å².